The fraction of sp³-hybridized carbons (Fsp3) is 0.0667. The van der Waals surface area contributed by atoms with E-state index in [-0.39, 0.29) is 16.4 Å². The number of para-hydroxylation sites is 1. The lowest BCUT2D eigenvalue weighted by Gasteiger charge is -2.15. The van der Waals surface area contributed by atoms with Crippen LogP contribution in [0.1, 0.15) is 15.9 Å². The Hall–Kier alpha value is -2.12. The lowest BCUT2D eigenvalue weighted by atomic mass is 10.1. The van der Waals surface area contributed by atoms with E-state index < -0.39 is 17.6 Å². The molecule has 1 amide bonds. The number of nitrogens with one attached hydrogen (secondary N) is 2. The van der Waals surface area contributed by atoms with E-state index in [1.807, 2.05) is 0 Å². The number of rotatable bonds is 2. The molecular weight excluding hydrogens is 349 g/mol. The normalized spacial score (nSPS) is 11.0. The van der Waals surface area contributed by atoms with Crippen molar-refractivity contribution in [1.82, 2.24) is 5.32 Å². The van der Waals surface area contributed by atoms with Gasteiger partial charge < -0.3 is 5.32 Å². The summed E-state index contributed by atoms with van der Waals surface area (Å²) in [7, 11) is 0. The van der Waals surface area contributed by atoms with Crippen molar-refractivity contribution in [3.63, 3.8) is 0 Å². The molecule has 0 bridgehead atoms. The van der Waals surface area contributed by atoms with Crippen molar-refractivity contribution >= 4 is 40.5 Å². The largest absolute Gasteiger partial charge is 0.418 e. The van der Waals surface area contributed by atoms with Crippen molar-refractivity contribution in [2.24, 2.45) is 0 Å². The smallest absolute Gasteiger partial charge is 0.332 e. The van der Waals surface area contributed by atoms with Gasteiger partial charge in [-0.05, 0) is 42.5 Å². The summed E-state index contributed by atoms with van der Waals surface area (Å²) in [6, 6.07) is 10.9. The Bertz CT molecular complexity index is 749. The van der Waals surface area contributed by atoms with Crippen LogP contribution in [-0.2, 0) is 6.18 Å². The minimum atomic E-state index is -4.53. The predicted octanol–water partition coefficient (Wildman–Crippen LogP) is 4.49. The molecule has 0 atom stereocenters. The molecule has 0 saturated heterocycles. The Morgan fingerprint density at radius 2 is 1.78 bits per heavy atom. The van der Waals surface area contributed by atoms with E-state index in [1.54, 1.807) is 12.1 Å². The summed E-state index contributed by atoms with van der Waals surface area (Å²) in [5.74, 6) is -0.575. The molecule has 0 heterocycles. The number of alkyl halides is 3. The minimum absolute atomic E-state index is 0.239. The second kappa shape index (κ2) is 6.97. The van der Waals surface area contributed by atoms with Crippen LogP contribution in [0.3, 0.4) is 0 Å². The van der Waals surface area contributed by atoms with Crippen LogP contribution in [0, 0.1) is 0 Å². The molecule has 0 aliphatic rings. The van der Waals surface area contributed by atoms with Gasteiger partial charge in [0.25, 0.3) is 5.91 Å². The maximum absolute atomic E-state index is 12.9. The molecule has 2 aromatic carbocycles. The van der Waals surface area contributed by atoms with Crippen molar-refractivity contribution in [2.45, 2.75) is 6.18 Å². The maximum atomic E-state index is 12.9. The van der Waals surface area contributed by atoms with Gasteiger partial charge in [0.2, 0.25) is 0 Å². The zero-order valence-electron chi connectivity index (χ0n) is 11.4. The second-order valence-electron chi connectivity index (χ2n) is 4.46. The summed E-state index contributed by atoms with van der Waals surface area (Å²) in [5.41, 5.74) is -0.874. The summed E-state index contributed by atoms with van der Waals surface area (Å²) >= 11 is 10.7. The van der Waals surface area contributed by atoms with Gasteiger partial charge in [0.05, 0.1) is 11.3 Å². The van der Waals surface area contributed by atoms with Crippen molar-refractivity contribution < 1.29 is 18.0 Å². The summed E-state index contributed by atoms with van der Waals surface area (Å²) in [6.45, 7) is 0. The second-order valence-corrected chi connectivity index (χ2v) is 5.31. The van der Waals surface area contributed by atoms with Crippen LogP contribution >= 0.6 is 23.8 Å². The molecule has 0 radical (unpaired) electrons. The molecule has 23 heavy (non-hydrogen) atoms. The van der Waals surface area contributed by atoms with Gasteiger partial charge in [-0.15, -0.1) is 0 Å². The molecule has 0 fully saturated rings. The third-order valence-corrected chi connectivity index (χ3v) is 3.23. The number of halogens is 4. The summed E-state index contributed by atoms with van der Waals surface area (Å²) in [6.07, 6.45) is -4.53. The molecule has 3 nitrogen and oxygen atoms in total. The lowest BCUT2D eigenvalue weighted by Crippen LogP contribution is -2.34. The molecule has 0 saturated carbocycles. The zero-order chi connectivity index (χ0) is 17.0. The number of thiocarbonyl (C=S) groups is 1. The standard InChI is InChI=1S/C15H10ClF3N2OS/c16-10-5-3-4-9(8-10)13(22)21-14(23)20-12-7-2-1-6-11(12)15(17,18)19/h1-8H,(H2,20,21,22,23). The van der Waals surface area contributed by atoms with Gasteiger partial charge in [-0.25, -0.2) is 0 Å². The van der Waals surface area contributed by atoms with E-state index in [4.69, 9.17) is 23.8 Å². The number of hydrogen-bond acceptors (Lipinski definition) is 2. The maximum Gasteiger partial charge on any atom is 0.418 e. The first kappa shape index (κ1) is 17.2. The Morgan fingerprint density at radius 3 is 2.43 bits per heavy atom. The molecule has 120 valence electrons. The third kappa shape index (κ3) is 4.67. The highest BCUT2D eigenvalue weighted by Crippen LogP contribution is 2.34. The van der Waals surface area contributed by atoms with Gasteiger partial charge in [-0.1, -0.05) is 29.8 Å². The molecule has 8 heteroatoms. The quantitative estimate of drug-likeness (QED) is 0.777. The van der Waals surface area contributed by atoms with E-state index in [1.165, 1.54) is 30.3 Å². The SMILES string of the molecule is O=C(NC(=S)Nc1ccccc1C(F)(F)F)c1cccc(Cl)c1. The number of hydrogen-bond donors (Lipinski definition) is 2. The van der Waals surface area contributed by atoms with Crippen LogP contribution in [-0.4, -0.2) is 11.0 Å². The van der Waals surface area contributed by atoms with Gasteiger partial charge in [-0.3, -0.25) is 10.1 Å². The fourth-order valence-corrected chi connectivity index (χ4v) is 2.19. The monoisotopic (exact) mass is 358 g/mol. The number of benzene rings is 2. The first-order valence-electron chi connectivity index (χ1n) is 6.31. The summed E-state index contributed by atoms with van der Waals surface area (Å²) < 4.78 is 38.7. The van der Waals surface area contributed by atoms with Crippen LogP contribution in [0.2, 0.25) is 5.02 Å². The first-order valence-corrected chi connectivity index (χ1v) is 7.10. The molecule has 2 N–H and O–H groups in total. The molecule has 0 unspecified atom stereocenters. The molecular formula is C15H10ClF3N2OS. The first-order chi connectivity index (χ1) is 10.8. The Kier molecular flexibility index (Phi) is 5.23. The highest BCUT2D eigenvalue weighted by molar-refractivity contribution is 7.80. The van der Waals surface area contributed by atoms with Gasteiger partial charge in [0.15, 0.2) is 5.11 Å². The average molecular weight is 359 g/mol. The van der Waals surface area contributed by atoms with Gasteiger partial charge >= 0.3 is 6.18 Å². The zero-order valence-corrected chi connectivity index (χ0v) is 13.0. The minimum Gasteiger partial charge on any atom is -0.332 e. The number of carbonyl (C=O) groups is 1. The molecule has 2 aromatic rings. The molecule has 0 aliphatic heterocycles. The number of amides is 1. The Balaban J connectivity index is 2.10. The van der Waals surface area contributed by atoms with Crippen molar-refractivity contribution in [3.8, 4) is 0 Å². The fourth-order valence-electron chi connectivity index (χ4n) is 1.80. The summed E-state index contributed by atoms with van der Waals surface area (Å²) in [5, 5.41) is 4.80. The average Bonchev–Trinajstić information content (AvgIpc) is 2.46. The Morgan fingerprint density at radius 1 is 1.09 bits per heavy atom. The molecule has 0 aromatic heterocycles. The van der Waals surface area contributed by atoms with E-state index in [9.17, 15) is 18.0 Å². The van der Waals surface area contributed by atoms with Crippen molar-refractivity contribution in [3.05, 3.63) is 64.7 Å². The van der Waals surface area contributed by atoms with E-state index >= 15 is 0 Å². The summed E-state index contributed by atoms with van der Waals surface area (Å²) in [4.78, 5) is 12.0. The number of anilines is 1. The highest BCUT2D eigenvalue weighted by atomic mass is 35.5. The van der Waals surface area contributed by atoms with Crippen LogP contribution < -0.4 is 10.6 Å². The Labute approximate surface area is 140 Å². The van der Waals surface area contributed by atoms with Crippen LogP contribution in [0.25, 0.3) is 0 Å². The van der Waals surface area contributed by atoms with Crippen molar-refractivity contribution in [1.29, 1.82) is 0 Å². The van der Waals surface area contributed by atoms with Gasteiger partial charge in [0.1, 0.15) is 0 Å². The van der Waals surface area contributed by atoms with Gasteiger partial charge in [-0.2, -0.15) is 13.2 Å². The topological polar surface area (TPSA) is 41.1 Å². The molecule has 2 rings (SSSR count). The lowest BCUT2D eigenvalue weighted by molar-refractivity contribution is -0.136. The van der Waals surface area contributed by atoms with Crippen LogP contribution in [0.15, 0.2) is 48.5 Å². The highest BCUT2D eigenvalue weighted by Gasteiger charge is 2.33. The van der Waals surface area contributed by atoms with Crippen LogP contribution in [0.4, 0.5) is 18.9 Å². The number of carbonyl (C=O) groups excluding carboxylic acids is 1. The predicted molar refractivity (Wildman–Crippen MR) is 86.6 cm³/mol. The van der Waals surface area contributed by atoms with Crippen molar-refractivity contribution in [2.75, 3.05) is 5.32 Å². The van der Waals surface area contributed by atoms with Gasteiger partial charge in [0, 0.05) is 10.6 Å². The van der Waals surface area contributed by atoms with E-state index in [0.29, 0.717) is 5.02 Å². The van der Waals surface area contributed by atoms with E-state index in [2.05, 4.69) is 10.6 Å². The van der Waals surface area contributed by atoms with E-state index in [0.717, 1.165) is 6.07 Å². The molecule has 0 spiro atoms. The van der Waals surface area contributed by atoms with Crippen LogP contribution in [0.5, 0.6) is 0 Å². The third-order valence-electron chi connectivity index (χ3n) is 2.79. The molecule has 0 aliphatic carbocycles.